The summed E-state index contributed by atoms with van der Waals surface area (Å²) in [7, 11) is 0. The van der Waals surface area contributed by atoms with Crippen LogP contribution in [0.15, 0.2) is 17.6 Å². The zero-order chi connectivity index (χ0) is 9.68. The van der Waals surface area contributed by atoms with Gasteiger partial charge in [0.1, 0.15) is 0 Å². The molecule has 0 aliphatic carbocycles. The van der Waals surface area contributed by atoms with E-state index in [0.717, 1.165) is 11.6 Å². The number of thioether (sulfide) groups is 1. The molecule has 0 aliphatic heterocycles. The van der Waals surface area contributed by atoms with E-state index in [2.05, 4.69) is 16.9 Å². The molecule has 0 fully saturated rings. The van der Waals surface area contributed by atoms with Gasteiger partial charge in [-0.05, 0) is 6.42 Å². The summed E-state index contributed by atoms with van der Waals surface area (Å²) in [5, 5.41) is 1.76. The molecule has 13 heavy (non-hydrogen) atoms. The number of nitrogens with zero attached hydrogens (tertiary/aromatic N) is 2. The van der Waals surface area contributed by atoms with Gasteiger partial charge in [-0.15, -0.1) is 11.6 Å². The van der Waals surface area contributed by atoms with Crippen LogP contribution in [0.3, 0.4) is 0 Å². The average molecular weight is 237 g/mol. The van der Waals surface area contributed by atoms with E-state index in [9.17, 15) is 0 Å². The Kier molecular flexibility index (Phi) is 4.84. The van der Waals surface area contributed by atoms with Crippen LogP contribution in [0.4, 0.5) is 0 Å². The molecular formula is C8H10Cl2N2S. The lowest BCUT2D eigenvalue weighted by Gasteiger charge is -2.06. The van der Waals surface area contributed by atoms with Crippen LogP contribution in [0.25, 0.3) is 0 Å². The van der Waals surface area contributed by atoms with Crippen molar-refractivity contribution in [1.82, 2.24) is 9.97 Å². The fourth-order valence-electron chi connectivity index (χ4n) is 0.754. The smallest absolute Gasteiger partial charge is 0.187 e. The summed E-state index contributed by atoms with van der Waals surface area (Å²) in [6.45, 7) is 2.10. The Bertz CT molecular complexity index is 253. The van der Waals surface area contributed by atoms with E-state index in [1.165, 1.54) is 0 Å². The number of aromatic nitrogens is 2. The Morgan fingerprint density at radius 2 is 2.08 bits per heavy atom. The fourth-order valence-corrected chi connectivity index (χ4v) is 2.13. The van der Waals surface area contributed by atoms with Crippen LogP contribution in [0.2, 0.25) is 5.02 Å². The molecule has 0 spiro atoms. The molecule has 1 unspecified atom stereocenters. The lowest BCUT2D eigenvalue weighted by Crippen LogP contribution is -1.98. The van der Waals surface area contributed by atoms with E-state index in [-0.39, 0.29) is 0 Å². The molecule has 1 atom stereocenters. The maximum absolute atomic E-state index is 5.65. The zero-order valence-corrected chi connectivity index (χ0v) is 9.53. The summed E-state index contributed by atoms with van der Waals surface area (Å²) >= 11 is 12.9. The highest BCUT2D eigenvalue weighted by Gasteiger charge is 2.05. The molecule has 0 radical (unpaired) electrons. The summed E-state index contributed by atoms with van der Waals surface area (Å²) in [5.74, 6) is 0.668. The van der Waals surface area contributed by atoms with Gasteiger partial charge in [0.05, 0.1) is 17.4 Å². The first-order valence-corrected chi connectivity index (χ1v) is 5.71. The van der Waals surface area contributed by atoms with E-state index < -0.39 is 0 Å². The predicted octanol–water partition coefficient (Wildman–Crippen LogP) is 3.24. The van der Waals surface area contributed by atoms with Crippen molar-refractivity contribution in [2.75, 3.05) is 5.88 Å². The fraction of sp³-hybridized carbons (Fsp3) is 0.500. The zero-order valence-electron chi connectivity index (χ0n) is 7.20. The lowest BCUT2D eigenvalue weighted by molar-refractivity contribution is 0.889. The maximum atomic E-state index is 5.65. The Morgan fingerprint density at radius 3 is 2.62 bits per heavy atom. The number of hydrogen-bond acceptors (Lipinski definition) is 3. The van der Waals surface area contributed by atoms with Crippen LogP contribution in [-0.4, -0.2) is 21.1 Å². The van der Waals surface area contributed by atoms with Gasteiger partial charge in [-0.2, -0.15) is 0 Å². The molecular weight excluding hydrogens is 227 g/mol. The van der Waals surface area contributed by atoms with Gasteiger partial charge in [-0.1, -0.05) is 30.3 Å². The second-order valence-electron chi connectivity index (χ2n) is 2.59. The van der Waals surface area contributed by atoms with E-state index in [1.807, 2.05) is 0 Å². The summed E-state index contributed by atoms with van der Waals surface area (Å²) in [4.78, 5) is 8.15. The first-order chi connectivity index (χ1) is 6.22. The highest BCUT2D eigenvalue weighted by molar-refractivity contribution is 7.99. The molecule has 1 heterocycles. The van der Waals surface area contributed by atoms with Gasteiger partial charge >= 0.3 is 0 Å². The third kappa shape index (κ3) is 4.16. The van der Waals surface area contributed by atoms with Gasteiger partial charge in [0.25, 0.3) is 0 Å². The average Bonchev–Trinajstić information content (AvgIpc) is 2.09. The minimum atomic E-state index is 0.443. The second-order valence-corrected chi connectivity index (χ2v) is 4.81. The first-order valence-electron chi connectivity index (χ1n) is 3.92. The monoisotopic (exact) mass is 236 g/mol. The molecule has 72 valence electrons. The normalized spacial score (nSPS) is 12.8. The van der Waals surface area contributed by atoms with Gasteiger partial charge in [-0.3, -0.25) is 0 Å². The Hall–Kier alpha value is 0.01000. The van der Waals surface area contributed by atoms with Crippen molar-refractivity contribution in [2.24, 2.45) is 0 Å². The van der Waals surface area contributed by atoms with E-state index in [4.69, 9.17) is 23.2 Å². The standard InChI is InChI=1S/C8H10Cl2N2S/c1-6(2-3-9)13-8-11-4-7(10)5-12-8/h4-6H,2-3H2,1H3. The van der Waals surface area contributed by atoms with Crippen molar-refractivity contribution in [3.05, 3.63) is 17.4 Å². The molecule has 2 nitrogen and oxygen atoms in total. The van der Waals surface area contributed by atoms with Gasteiger partial charge in [0.15, 0.2) is 5.16 Å². The van der Waals surface area contributed by atoms with Crippen LogP contribution >= 0.6 is 35.0 Å². The van der Waals surface area contributed by atoms with E-state index >= 15 is 0 Å². The third-order valence-electron chi connectivity index (χ3n) is 1.42. The largest absolute Gasteiger partial charge is 0.230 e. The Balaban J connectivity index is 2.49. The predicted molar refractivity (Wildman–Crippen MR) is 57.7 cm³/mol. The first kappa shape index (κ1) is 11.1. The van der Waals surface area contributed by atoms with Crippen LogP contribution in [0.5, 0.6) is 0 Å². The van der Waals surface area contributed by atoms with Gasteiger partial charge in [0.2, 0.25) is 0 Å². The highest BCUT2D eigenvalue weighted by Crippen LogP contribution is 2.21. The number of halogens is 2. The summed E-state index contributed by atoms with van der Waals surface area (Å²) in [6.07, 6.45) is 4.16. The molecule has 1 rings (SSSR count). The number of hydrogen-bond donors (Lipinski definition) is 0. The van der Waals surface area contributed by atoms with Crippen LogP contribution in [-0.2, 0) is 0 Å². The minimum Gasteiger partial charge on any atom is -0.230 e. The molecule has 0 saturated heterocycles. The van der Waals surface area contributed by atoms with Crippen molar-refractivity contribution in [3.63, 3.8) is 0 Å². The molecule has 1 aromatic heterocycles. The van der Waals surface area contributed by atoms with Crippen molar-refractivity contribution >= 4 is 35.0 Å². The van der Waals surface area contributed by atoms with Gasteiger partial charge in [-0.25, -0.2) is 9.97 Å². The van der Waals surface area contributed by atoms with Crippen LogP contribution < -0.4 is 0 Å². The van der Waals surface area contributed by atoms with Crippen molar-refractivity contribution in [2.45, 2.75) is 23.8 Å². The molecule has 0 N–H and O–H groups in total. The van der Waals surface area contributed by atoms with Crippen LogP contribution in [0.1, 0.15) is 13.3 Å². The summed E-state index contributed by atoms with van der Waals surface area (Å²) in [5.41, 5.74) is 0. The highest BCUT2D eigenvalue weighted by atomic mass is 35.5. The quantitative estimate of drug-likeness (QED) is 0.456. The third-order valence-corrected chi connectivity index (χ3v) is 2.89. The number of alkyl halides is 1. The molecule has 0 saturated carbocycles. The molecule has 1 aromatic rings. The molecule has 0 aromatic carbocycles. The van der Waals surface area contributed by atoms with Crippen molar-refractivity contribution in [3.8, 4) is 0 Å². The molecule has 0 aliphatic rings. The molecule has 0 bridgehead atoms. The lowest BCUT2D eigenvalue weighted by atomic mass is 10.4. The van der Waals surface area contributed by atoms with E-state index in [1.54, 1.807) is 24.2 Å². The SMILES string of the molecule is CC(CCCl)Sc1ncc(Cl)cn1. The van der Waals surface area contributed by atoms with Gasteiger partial charge in [0, 0.05) is 11.1 Å². The topological polar surface area (TPSA) is 25.8 Å². The Morgan fingerprint density at radius 1 is 1.46 bits per heavy atom. The second kappa shape index (κ2) is 5.68. The maximum Gasteiger partial charge on any atom is 0.187 e. The summed E-state index contributed by atoms with van der Waals surface area (Å²) < 4.78 is 0. The van der Waals surface area contributed by atoms with E-state index in [0.29, 0.717) is 16.2 Å². The number of rotatable bonds is 4. The minimum absolute atomic E-state index is 0.443. The Labute approximate surface area is 92.1 Å². The van der Waals surface area contributed by atoms with Crippen LogP contribution in [0, 0.1) is 0 Å². The molecule has 5 heteroatoms. The van der Waals surface area contributed by atoms with Crippen molar-refractivity contribution < 1.29 is 0 Å². The van der Waals surface area contributed by atoms with Crippen molar-refractivity contribution in [1.29, 1.82) is 0 Å². The molecule has 0 amide bonds. The van der Waals surface area contributed by atoms with Gasteiger partial charge < -0.3 is 0 Å². The summed E-state index contributed by atoms with van der Waals surface area (Å²) in [6, 6.07) is 0.